The SMILES string of the molecule is CCCCCCC/C=C\C/C=C\C/C=C\CCCCCCCCCCC(=O)OCC(COC(=O)CCCCCCCCCCCCCC)OC(=O)CCCCCCCCC/C=C\CCCCCCCC. The lowest BCUT2D eigenvalue weighted by molar-refractivity contribution is -0.167. The summed E-state index contributed by atoms with van der Waals surface area (Å²) >= 11 is 0. The van der Waals surface area contributed by atoms with E-state index < -0.39 is 6.10 Å². The Morgan fingerprint density at radius 3 is 0.814 bits per heavy atom. The molecule has 0 spiro atoms. The zero-order chi connectivity index (χ0) is 50.7. The number of rotatable bonds is 56. The van der Waals surface area contributed by atoms with Gasteiger partial charge in [-0.15, -0.1) is 0 Å². The third-order valence-electron chi connectivity index (χ3n) is 13.6. The quantitative estimate of drug-likeness (QED) is 0.0261. The van der Waals surface area contributed by atoms with E-state index in [0.717, 1.165) is 77.0 Å². The maximum absolute atomic E-state index is 12.9. The van der Waals surface area contributed by atoms with Crippen molar-refractivity contribution in [3.05, 3.63) is 48.6 Å². The lowest BCUT2D eigenvalue weighted by atomic mass is 10.0. The molecule has 0 aromatic carbocycles. The summed E-state index contributed by atoms with van der Waals surface area (Å²) in [6.07, 6.45) is 72.5. The summed E-state index contributed by atoms with van der Waals surface area (Å²) in [5.74, 6) is -0.870. The molecule has 6 nitrogen and oxygen atoms in total. The summed E-state index contributed by atoms with van der Waals surface area (Å²) < 4.78 is 16.9. The fourth-order valence-electron chi connectivity index (χ4n) is 8.92. The average Bonchev–Trinajstić information content (AvgIpc) is 3.36. The van der Waals surface area contributed by atoms with Crippen LogP contribution < -0.4 is 0 Å². The van der Waals surface area contributed by atoms with Crippen LogP contribution in [0.25, 0.3) is 0 Å². The molecule has 408 valence electrons. The van der Waals surface area contributed by atoms with E-state index in [2.05, 4.69) is 69.4 Å². The van der Waals surface area contributed by atoms with Gasteiger partial charge >= 0.3 is 17.9 Å². The van der Waals surface area contributed by atoms with Crippen LogP contribution in [0.15, 0.2) is 48.6 Å². The van der Waals surface area contributed by atoms with Crippen LogP contribution >= 0.6 is 0 Å². The van der Waals surface area contributed by atoms with Crippen molar-refractivity contribution in [3.63, 3.8) is 0 Å². The molecule has 0 saturated carbocycles. The fraction of sp³-hybridized carbons (Fsp3) is 0.828. The Kier molecular flexibility index (Phi) is 56.7. The summed E-state index contributed by atoms with van der Waals surface area (Å²) in [6.45, 7) is 6.65. The molecule has 0 rings (SSSR count). The highest BCUT2D eigenvalue weighted by Crippen LogP contribution is 2.16. The van der Waals surface area contributed by atoms with E-state index in [1.165, 1.54) is 205 Å². The van der Waals surface area contributed by atoms with Crippen LogP contribution in [0.5, 0.6) is 0 Å². The van der Waals surface area contributed by atoms with Crippen molar-refractivity contribution in [2.24, 2.45) is 0 Å². The molecule has 0 aliphatic rings. The largest absolute Gasteiger partial charge is 0.462 e. The van der Waals surface area contributed by atoms with Gasteiger partial charge in [-0.3, -0.25) is 14.4 Å². The molecule has 0 fully saturated rings. The Morgan fingerprint density at radius 1 is 0.286 bits per heavy atom. The van der Waals surface area contributed by atoms with Gasteiger partial charge in [-0.2, -0.15) is 0 Å². The lowest BCUT2D eigenvalue weighted by Gasteiger charge is -2.18. The summed E-state index contributed by atoms with van der Waals surface area (Å²) in [4.78, 5) is 38.2. The van der Waals surface area contributed by atoms with Gasteiger partial charge in [0.1, 0.15) is 13.2 Å². The molecule has 0 aliphatic carbocycles. The van der Waals surface area contributed by atoms with E-state index in [-0.39, 0.29) is 31.1 Å². The first kappa shape index (κ1) is 67.4. The van der Waals surface area contributed by atoms with Crippen LogP contribution in [0.1, 0.15) is 323 Å². The monoisotopic (exact) mass is 981 g/mol. The van der Waals surface area contributed by atoms with Crippen LogP contribution in [0.3, 0.4) is 0 Å². The maximum Gasteiger partial charge on any atom is 0.306 e. The normalized spacial score (nSPS) is 12.3. The third kappa shape index (κ3) is 56.3. The molecule has 0 radical (unpaired) electrons. The van der Waals surface area contributed by atoms with E-state index >= 15 is 0 Å². The maximum atomic E-state index is 12.9. The molecule has 1 unspecified atom stereocenters. The Morgan fingerprint density at radius 2 is 0.514 bits per heavy atom. The van der Waals surface area contributed by atoms with Crippen LogP contribution in [0, 0.1) is 0 Å². The minimum absolute atomic E-state index is 0.0740. The molecular formula is C64H116O6. The van der Waals surface area contributed by atoms with Crippen LogP contribution in [0.2, 0.25) is 0 Å². The molecular weight excluding hydrogens is 865 g/mol. The second-order valence-corrected chi connectivity index (χ2v) is 20.6. The minimum atomic E-state index is -0.776. The smallest absolute Gasteiger partial charge is 0.306 e. The second kappa shape index (κ2) is 58.9. The zero-order valence-corrected chi connectivity index (χ0v) is 46.8. The average molecular weight is 982 g/mol. The van der Waals surface area contributed by atoms with Gasteiger partial charge < -0.3 is 14.2 Å². The number of ether oxygens (including phenoxy) is 3. The highest BCUT2D eigenvalue weighted by atomic mass is 16.6. The molecule has 0 aromatic rings. The van der Waals surface area contributed by atoms with Gasteiger partial charge in [0.2, 0.25) is 0 Å². The number of hydrogen-bond donors (Lipinski definition) is 0. The van der Waals surface area contributed by atoms with Crippen LogP contribution in [-0.2, 0) is 28.6 Å². The first-order chi connectivity index (χ1) is 34.5. The first-order valence-electron chi connectivity index (χ1n) is 30.6. The highest BCUT2D eigenvalue weighted by Gasteiger charge is 2.19. The van der Waals surface area contributed by atoms with E-state index in [1.807, 2.05) is 0 Å². The second-order valence-electron chi connectivity index (χ2n) is 20.6. The highest BCUT2D eigenvalue weighted by molar-refractivity contribution is 5.71. The first-order valence-corrected chi connectivity index (χ1v) is 30.6. The molecule has 0 aliphatic heterocycles. The van der Waals surface area contributed by atoms with Gasteiger partial charge in [-0.05, 0) is 83.5 Å². The molecule has 0 N–H and O–H groups in total. The Labute approximate surface area is 435 Å². The molecule has 0 amide bonds. The Balaban J connectivity index is 4.31. The Bertz CT molecular complexity index is 1220. The van der Waals surface area contributed by atoms with E-state index in [4.69, 9.17) is 14.2 Å². The standard InChI is InChI=1S/C64H116O6/c1-4-7-10-13-16-19-22-25-27-29-30-31-32-33-34-36-37-39-42-45-48-51-54-57-63(66)69-60-61(59-68-62(65)56-53-50-47-44-41-24-21-18-15-12-9-6-3)70-64(67)58-55-52-49-46-43-40-38-35-28-26-23-20-17-14-11-8-5-2/h22,25-26,28-30,32-33,61H,4-21,23-24,27,31,34-60H2,1-3H3/b25-22-,28-26-,30-29-,33-32-. The molecule has 0 saturated heterocycles. The van der Waals surface area contributed by atoms with Crippen molar-refractivity contribution < 1.29 is 28.6 Å². The number of unbranched alkanes of at least 4 members (excludes halogenated alkanes) is 37. The fourth-order valence-corrected chi connectivity index (χ4v) is 8.92. The number of carbonyl (C=O) groups is 3. The lowest BCUT2D eigenvalue weighted by Crippen LogP contribution is -2.30. The summed E-state index contributed by atoms with van der Waals surface area (Å²) in [6, 6.07) is 0. The Hall–Kier alpha value is -2.63. The predicted octanol–water partition coefficient (Wildman–Crippen LogP) is 20.6. The van der Waals surface area contributed by atoms with E-state index in [9.17, 15) is 14.4 Å². The van der Waals surface area contributed by atoms with Gasteiger partial charge in [0.25, 0.3) is 0 Å². The van der Waals surface area contributed by atoms with Crippen molar-refractivity contribution in [2.45, 2.75) is 329 Å². The number of hydrogen-bond acceptors (Lipinski definition) is 6. The summed E-state index contributed by atoms with van der Waals surface area (Å²) in [7, 11) is 0. The number of allylic oxidation sites excluding steroid dienone is 8. The van der Waals surface area contributed by atoms with E-state index in [1.54, 1.807) is 0 Å². The molecule has 6 heteroatoms. The van der Waals surface area contributed by atoms with Gasteiger partial charge in [0, 0.05) is 19.3 Å². The van der Waals surface area contributed by atoms with Crippen molar-refractivity contribution in [3.8, 4) is 0 Å². The minimum Gasteiger partial charge on any atom is -0.462 e. The molecule has 70 heavy (non-hydrogen) atoms. The van der Waals surface area contributed by atoms with Gasteiger partial charge in [0.15, 0.2) is 6.10 Å². The van der Waals surface area contributed by atoms with Crippen molar-refractivity contribution in [1.82, 2.24) is 0 Å². The van der Waals surface area contributed by atoms with Gasteiger partial charge in [0.05, 0.1) is 0 Å². The molecule has 0 heterocycles. The molecule has 0 aromatic heterocycles. The van der Waals surface area contributed by atoms with Crippen LogP contribution in [0.4, 0.5) is 0 Å². The molecule has 1 atom stereocenters. The van der Waals surface area contributed by atoms with Gasteiger partial charge in [-0.25, -0.2) is 0 Å². The van der Waals surface area contributed by atoms with Gasteiger partial charge in [-0.1, -0.05) is 268 Å². The van der Waals surface area contributed by atoms with Crippen molar-refractivity contribution >= 4 is 17.9 Å². The van der Waals surface area contributed by atoms with Crippen LogP contribution in [-0.4, -0.2) is 37.2 Å². The van der Waals surface area contributed by atoms with E-state index in [0.29, 0.717) is 19.3 Å². The predicted molar refractivity (Wildman–Crippen MR) is 302 cm³/mol. The third-order valence-corrected chi connectivity index (χ3v) is 13.6. The zero-order valence-electron chi connectivity index (χ0n) is 46.8. The van der Waals surface area contributed by atoms with Crippen molar-refractivity contribution in [1.29, 1.82) is 0 Å². The topological polar surface area (TPSA) is 78.9 Å². The number of esters is 3. The van der Waals surface area contributed by atoms with Crippen molar-refractivity contribution in [2.75, 3.05) is 13.2 Å². The summed E-state index contributed by atoms with van der Waals surface area (Å²) in [5.41, 5.74) is 0. The molecule has 0 bridgehead atoms. The summed E-state index contributed by atoms with van der Waals surface area (Å²) in [5, 5.41) is 0. The number of carbonyl (C=O) groups excluding carboxylic acids is 3.